The average molecular weight is 218 g/mol. The van der Waals surface area contributed by atoms with E-state index in [2.05, 4.69) is 13.0 Å². The van der Waals surface area contributed by atoms with E-state index in [1.165, 1.54) is 0 Å². The van der Waals surface area contributed by atoms with E-state index in [1.54, 1.807) is 23.2 Å². The fraction of sp³-hybridized carbons (Fsp3) is 0.417. The van der Waals surface area contributed by atoms with Crippen LogP contribution in [0.1, 0.15) is 32.3 Å². The van der Waals surface area contributed by atoms with Crippen molar-refractivity contribution in [2.24, 2.45) is 5.84 Å². The molecule has 4 nitrogen and oxygen atoms in total. The molecule has 4 N–H and O–H groups in total. The summed E-state index contributed by atoms with van der Waals surface area (Å²) in [5.74, 6) is 5.99. The van der Waals surface area contributed by atoms with Gasteiger partial charge in [0.25, 0.3) is 0 Å². The van der Waals surface area contributed by atoms with Gasteiger partial charge in [0.2, 0.25) is 0 Å². The summed E-state index contributed by atoms with van der Waals surface area (Å²) < 4.78 is 0. The predicted molar refractivity (Wildman–Crippen MR) is 66.6 cm³/mol. The maximum absolute atomic E-state index is 8.83. The molecule has 1 atom stereocenters. The van der Waals surface area contributed by atoms with Crippen molar-refractivity contribution in [3.63, 3.8) is 0 Å². The summed E-state index contributed by atoms with van der Waals surface area (Å²) in [4.78, 5) is 0. The summed E-state index contributed by atoms with van der Waals surface area (Å²) in [5, 5.41) is 10.5. The summed E-state index contributed by atoms with van der Waals surface area (Å²) in [7, 11) is 0. The van der Waals surface area contributed by atoms with E-state index in [1.807, 2.05) is 6.92 Å². The molecule has 0 spiro atoms. The third-order valence-electron chi connectivity index (χ3n) is 2.62. The SMILES string of the molecule is CCCC(C)N(N)c1cc(C#N)ccc1N. The molecule has 1 aromatic rings. The van der Waals surface area contributed by atoms with Gasteiger partial charge in [-0.15, -0.1) is 0 Å². The molecule has 0 heterocycles. The molecule has 0 amide bonds. The lowest BCUT2D eigenvalue weighted by molar-refractivity contribution is 0.593. The second kappa shape index (κ2) is 5.38. The number of benzene rings is 1. The standard InChI is InChI=1S/C12H18N4/c1-3-4-9(2)16(15)12-7-10(8-13)5-6-11(12)14/h5-7,9H,3-4,14-15H2,1-2H3. The molecule has 0 radical (unpaired) electrons. The number of hydrazine groups is 1. The van der Waals surface area contributed by atoms with Crippen molar-refractivity contribution in [3.05, 3.63) is 23.8 Å². The molecule has 1 aromatic carbocycles. The van der Waals surface area contributed by atoms with Crippen molar-refractivity contribution in [2.75, 3.05) is 10.7 Å². The predicted octanol–water partition coefficient (Wildman–Crippen LogP) is 2.01. The Bertz CT molecular complexity index is 394. The van der Waals surface area contributed by atoms with Gasteiger partial charge < -0.3 is 10.7 Å². The number of anilines is 2. The van der Waals surface area contributed by atoms with Crippen LogP contribution in [0.3, 0.4) is 0 Å². The van der Waals surface area contributed by atoms with Gasteiger partial charge in [0.15, 0.2) is 0 Å². The second-order valence-electron chi connectivity index (χ2n) is 3.93. The summed E-state index contributed by atoms with van der Waals surface area (Å²) in [6.07, 6.45) is 2.05. The average Bonchev–Trinajstić information content (AvgIpc) is 2.29. The summed E-state index contributed by atoms with van der Waals surface area (Å²) in [6, 6.07) is 7.42. The molecule has 0 fully saturated rings. The monoisotopic (exact) mass is 218 g/mol. The number of rotatable bonds is 4. The molecule has 0 aromatic heterocycles. The third kappa shape index (κ3) is 2.65. The lowest BCUT2D eigenvalue weighted by atomic mass is 10.1. The van der Waals surface area contributed by atoms with E-state index in [4.69, 9.17) is 16.8 Å². The van der Waals surface area contributed by atoms with Gasteiger partial charge in [-0.2, -0.15) is 5.26 Å². The van der Waals surface area contributed by atoms with Crippen LogP contribution in [0.4, 0.5) is 11.4 Å². The van der Waals surface area contributed by atoms with Crippen molar-refractivity contribution in [2.45, 2.75) is 32.7 Å². The number of nitrogen functional groups attached to an aromatic ring is 1. The van der Waals surface area contributed by atoms with Gasteiger partial charge in [0.05, 0.1) is 23.0 Å². The maximum Gasteiger partial charge on any atom is 0.0992 e. The van der Waals surface area contributed by atoms with Crippen LogP contribution in [0.2, 0.25) is 0 Å². The van der Waals surface area contributed by atoms with Crippen LogP contribution in [0.15, 0.2) is 18.2 Å². The minimum atomic E-state index is 0.209. The van der Waals surface area contributed by atoms with Gasteiger partial charge in [-0.3, -0.25) is 0 Å². The van der Waals surface area contributed by atoms with Gasteiger partial charge in [0, 0.05) is 6.04 Å². The van der Waals surface area contributed by atoms with Crippen molar-refractivity contribution >= 4 is 11.4 Å². The molecule has 16 heavy (non-hydrogen) atoms. The van der Waals surface area contributed by atoms with Gasteiger partial charge >= 0.3 is 0 Å². The highest BCUT2D eigenvalue weighted by Gasteiger charge is 2.13. The zero-order valence-electron chi connectivity index (χ0n) is 9.77. The van der Waals surface area contributed by atoms with Crippen molar-refractivity contribution < 1.29 is 0 Å². The zero-order valence-corrected chi connectivity index (χ0v) is 9.77. The van der Waals surface area contributed by atoms with Crippen LogP contribution in [0.25, 0.3) is 0 Å². The molecule has 0 saturated heterocycles. The molecule has 1 rings (SSSR count). The van der Waals surface area contributed by atoms with E-state index >= 15 is 0 Å². The Hall–Kier alpha value is -1.73. The van der Waals surface area contributed by atoms with Crippen LogP contribution >= 0.6 is 0 Å². The Kier molecular flexibility index (Phi) is 4.15. The van der Waals surface area contributed by atoms with Crippen LogP contribution in [-0.4, -0.2) is 6.04 Å². The topological polar surface area (TPSA) is 79.1 Å². The Balaban J connectivity index is 2.98. The number of nitriles is 1. The molecule has 0 aliphatic carbocycles. The molecular formula is C12H18N4. The van der Waals surface area contributed by atoms with Crippen molar-refractivity contribution in [1.29, 1.82) is 5.26 Å². The van der Waals surface area contributed by atoms with Gasteiger partial charge in [-0.25, -0.2) is 5.84 Å². The highest BCUT2D eigenvalue weighted by molar-refractivity contribution is 5.69. The smallest absolute Gasteiger partial charge is 0.0992 e. The molecule has 1 unspecified atom stereocenters. The van der Waals surface area contributed by atoms with E-state index in [0.717, 1.165) is 18.5 Å². The molecule has 4 heteroatoms. The summed E-state index contributed by atoms with van der Waals surface area (Å²) >= 11 is 0. The fourth-order valence-electron chi connectivity index (χ4n) is 1.63. The van der Waals surface area contributed by atoms with Crippen molar-refractivity contribution in [1.82, 2.24) is 0 Å². The largest absolute Gasteiger partial charge is 0.397 e. The minimum absolute atomic E-state index is 0.209. The van der Waals surface area contributed by atoms with Gasteiger partial charge in [0.1, 0.15) is 0 Å². The van der Waals surface area contributed by atoms with Crippen LogP contribution in [-0.2, 0) is 0 Å². The second-order valence-corrected chi connectivity index (χ2v) is 3.93. The van der Waals surface area contributed by atoms with Crippen LogP contribution in [0.5, 0.6) is 0 Å². The zero-order chi connectivity index (χ0) is 12.1. The quantitative estimate of drug-likeness (QED) is 0.460. The van der Waals surface area contributed by atoms with E-state index in [-0.39, 0.29) is 6.04 Å². The van der Waals surface area contributed by atoms with E-state index in [0.29, 0.717) is 11.3 Å². The molecule has 0 aliphatic heterocycles. The Labute approximate surface area is 96.4 Å². The Morgan fingerprint density at radius 1 is 1.50 bits per heavy atom. The highest BCUT2D eigenvalue weighted by atomic mass is 15.4. The first-order valence-electron chi connectivity index (χ1n) is 5.43. The van der Waals surface area contributed by atoms with Gasteiger partial charge in [-0.1, -0.05) is 13.3 Å². The Morgan fingerprint density at radius 2 is 2.19 bits per heavy atom. The molecule has 0 aliphatic rings. The normalized spacial score (nSPS) is 11.9. The first-order valence-corrected chi connectivity index (χ1v) is 5.43. The lowest BCUT2D eigenvalue weighted by Crippen LogP contribution is -2.39. The third-order valence-corrected chi connectivity index (χ3v) is 2.62. The molecule has 0 bridgehead atoms. The van der Waals surface area contributed by atoms with E-state index < -0.39 is 0 Å². The highest BCUT2D eigenvalue weighted by Crippen LogP contribution is 2.24. The van der Waals surface area contributed by atoms with Gasteiger partial charge in [-0.05, 0) is 31.5 Å². The molecular weight excluding hydrogens is 200 g/mol. The summed E-state index contributed by atoms with van der Waals surface area (Å²) in [6.45, 7) is 4.15. The Morgan fingerprint density at radius 3 is 2.75 bits per heavy atom. The number of nitrogens with zero attached hydrogens (tertiary/aromatic N) is 2. The molecule has 0 saturated carbocycles. The summed E-state index contributed by atoms with van der Waals surface area (Å²) in [5.41, 5.74) is 7.74. The van der Waals surface area contributed by atoms with Crippen LogP contribution in [0, 0.1) is 11.3 Å². The maximum atomic E-state index is 8.83. The van der Waals surface area contributed by atoms with Crippen LogP contribution < -0.4 is 16.6 Å². The first-order chi connectivity index (χ1) is 7.60. The molecule has 86 valence electrons. The van der Waals surface area contributed by atoms with Crippen molar-refractivity contribution in [3.8, 4) is 6.07 Å². The number of hydrogen-bond donors (Lipinski definition) is 2. The number of hydrogen-bond acceptors (Lipinski definition) is 4. The first kappa shape index (κ1) is 12.3. The number of nitrogens with two attached hydrogens (primary N) is 2. The lowest BCUT2D eigenvalue weighted by Gasteiger charge is -2.27. The fourth-order valence-corrected chi connectivity index (χ4v) is 1.63. The minimum Gasteiger partial charge on any atom is -0.397 e. The van der Waals surface area contributed by atoms with E-state index in [9.17, 15) is 0 Å².